The molecule has 1 heterocycles. The fourth-order valence-corrected chi connectivity index (χ4v) is 2.53. The number of carbonyl (C=O) groups excluding carboxylic acids is 1. The molecule has 0 spiro atoms. The lowest BCUT2D eigenvalue weighted by Gasteiger charge is -2.05. The topological polar surface area (TPSA) is 58.9 Å². The molecule has 3 heteroatoms. The number of anilines is 1. The third kappa shape index (κ3) is 1.88. The third-order valence-electron chi connectivity index (χ3n) is 3.65. The van der Waals surface area contributed by atoms with Gasteiger partial charge in [-0.15, -0.1) is 0 Å². The lowest BCUT2D eigenvalue weighted by molar-refractivity contribution is 0.103. The molecular formula is C17H16N2O. The molecule has 0 bridgehead atoms. The van der Waals surface area contributed by atoms with Gasteiger partial charge in [0.25, 0.3) is 0 Å². The monoisotopic (exact) mass is 264 g/mol. The van der Waals surface area contributed by atoms with E-state index in [1.807, 2.05) is 44.2 Å². The van der Waals surface area contributed by atoms with Crippen LogP contribution in [0.15, 0.2) is 42.5 Å². The largest absolute Gasteiger partial charge is 0.399 e. The average molecular weight is 264 g/mol. The molecule has 0 aliphatic rings. The number of nitrogens with one attached hydrogen (secondary N) is 1. The first-order valence-electron chi connectivity index (χ1n) is 6.56. The van der Waals surface area contributed by atoms with Gasteiger partial charge in [-0.3, -0.25) is 4.79 Å². The number of nitrogen functional groups attached to an aromatic ring is 1. The number of aromatic amines is 1. The molecular weight excluding hydrogens is 248 g/mol. The summed E-state index contributed by atoms with van der Waals surface area (Å²) in [6.45, 7) is 3.84. The molecule has 3 aromatic rings. The Balaban J connectivity index is 2.17. The van der Waals surface area contributed by atoms with E-state index in [2.05, 4.69) is 4.98 Å². The van der Waals surface area contributed by atoms with Crippen molar-refractivity contribution in [3.05, 3.63) is 64.8 Å². The Labute approximate surface area is 117 Å². The highest BCUT2D eigenvalue weighted by atomic mass is 16.1. The van der Waals surface area contributed by atoms with E-state index in [1.165, 1.54) is 0 Å². The molecule has 0 amide bonds. The number of carbonyl (C=O) groups is 1. The minimum atomic E-state index is 0.0306. The van der Waals surface area contributed by atoms with E-state index in [9.17, 15) is 4.79 Å². The Bertz CT molecular complexity index is 815. The zero-order chi connectivity index (χ0) is 14.3. The van der Waals surface area contributed by atoms with Crippen molar-refractivity contribution in [2.45, 2.75) is 13.8 Å². The maximum atomic E-state index is 12.7. The summed E-state index contributed by atoms with van der Waals surface area (Å²) in [5.41, 5.74) is 10.7. The molecule has 2 aromatic carbocycles. The molecule has 0 atom stereocenters. The van der Waals surface area contributed by atoms with Crippen LogP contribution < -0.4 is 5.73 Å². The van der Waals surface area contributed by atoms with Gasteiger partial charge in [0.1, 0.15) is 0 Å². The fraction of sp³-hybridized carbons (Fsp3) is 0.118. The number of benzene rings is 2. The normalized spacial score (nSPS) is 10.9. The summed E-state index contributed by atoms with van der Waals surface area (Å²) in [6, 6.07) is 13.3. The molecule has 100 valence electrons. The molecule has 3 rings (SSSR count). The number of aryl methyl sites for hydroxylation is 2. The van der Waals surface area contributed by atoms with Gasteiger partial charge in [0, 0.05) is 27.8 Å². The number of nitrogens with two attached hydrogens (primary N) is 1. The van der Waals surface area contributed by atoms with Crippen LogP contribution in [0.2, 0.25) is 0 Å². The summed E-state index contributed by atoms with van der Waals surface area (Å²) in [7, 11) is 0. The van der Waals surface area contributed by atoms with Gasteiger partial charge in [-0.1, -0.05) is 18.2 Å². The second-order valence-electron chi connectivity index (χ2n) is 5.07. The highest BCUT2D eigenvalue weighted by Gasteiger charge is 2.17. The van der Waals surface area contributed by atoms with Crippen molar-refractivity contribution in [3.63, 3.8) is 0 Å². The summed E-state index contributed by atoms with van der Waals surface area (Å²) >= 11 is 0. The van der Waals surface area contributed by atoms with Crippen LogP contribution in [0.5, 0.6) is 0 Å². The van der Waals surface area contributed by atoms with Gasteiger partial charge in [0.2, 0.25) is 0 Å². The highest BCUT2D eigenvalue weighted by Crippen LogP contribution is 2.25. The van der Waals surface area contributed by atoms with Gasteiger partial charge in [-0.05, 0) is 43.7 Å². The molecule has 0 fully saturated rings. The average Bonchev–Trinajstić information content (AvgIpc) is 2.77. The quantitative estimate of drug-likeness (QED) is 0.549. The minimum absolute atomic E-state index is 0.0306. The molecule has 3 nitrogen and oxygen atoms in total. The van der Waals surface area contributed by atoms with Crippen molar-refractivity contribution in [2.24, 2.45) is 0 Å². The van der Waals surface area contributed by atoms with Gasteiger partial charge in [0.15, 0.2) is 5.78 Å². The molecule has 1 aromatic heterocycles. The lowest BCUT2D eigenvalue weighted by atomic mass is 9.98. The van der Waals surface area contributed by atoms with Crippen LogP contribution in [0, 0.1) is 13.8 Å². The highest BCUT2D eigenvalue weighted by molar-refractivity contribution is 6.17. The number of rotatable bonds is 2. The zero-order valence-corrected chi connectivity index (χ0v) is 11.5. The number of hydrogen-bond donors (Lipinski definition) is 2. The molecule has 0 saturated carbocycles. The van der Waals surface area contributed by atoms with Crippen molar-refractivity contribution in [2.75, 3.05) is 5.73 Å². The van der Waals surface area contributed by atoms with E-state index in [1.54, 1.807) is 12.1 Å². The summed E-state index contributed by atoms with van der Waals surface area (Å²) in [5, 5.41) is 0.962. The SMILES string of the molecule is Cc1cc(C(=O)c2c(C)[nH]c3ccccc23)ccc1N. The number of fused-ring (bicyclic) bond motifs is 1. The van der Waals surface area contributed by atoms with Gasteiger partial charge in [-0.25, -0.2) is 0 Å². The van der Waals surface area contributed by atoms with Crippen LogP contribution in [0.3, 0.4) is 0 Å². The molecule has 0 unspecified atom stereocenters. The maximum Gasteiger partial charge on any atom is 0.195 e. The minimum Gasteiger partial charge on any atom is -0.399 e. The van der Waals surface area contributed by atoms with Crippen LogP contribution in [-0.4, -0.2) is 10.8 Å². The van der Waals surface area contributed by atoms with Gasteiger partial charge >= 0.3 is 0 Å². The van der Waals surface area contributed by atoms with Crippen LogP contribution >= 0.6 is 0 Å². The van der Waals surface area contributed by atoms with Crippen LogP contribution in [-0.2, 0) is 0 Å². The molecule has 0 aliphatic carbocycles. The van der Waals surface area contributed by atoms with E-state index in [-0.39, 0.29) is 5.78 Å². The van der Waals surface area contributed by atoms with E-state index in [0.29, 0.717) is 11.3 Å². The van der Waals surface area contributed by atoms with E-state index in [0.717, 1.165) is 27.7 Å². The van der Waals surface area contributed by atoms with E-state index < -0.39 is 0 Å². The number of H-pyrrole nitrogens is 1. The van der Waals surface area contributed by atoms with Gasteiger partial charge in [-0.2, -0.15) is 0 Å². The number of ketones is 1. The van der Waals surface area contributed by atoms with Crippen molar-refractivity contribution < 1.29 is 4.79 Å². The molecule has 20 heavy (non-hydrogen) atoms. The fourth-order valence-electron chi connectivity index (χ4n) is 2.53. The first kappa shape index (κ1) is 12.5. The van der Waals surface area contributed by atoms with E-state index in [4.69, 9.17) is 5.73 Å². The van der Waals surface area contributed by atoms with Crippen LogP contribution in [0.1, 0.15) is 27.2 Å². The van der Waals surface area contributed by atoms with Gasteiger partial charge < -0.3 is 10.7 Å². The summed E-state index contributed by atoms with van der Waals surface area (Å²) in [4.78, 5) is 16.0. The standard InChI is InChI=1S/C17H16N2O/c1-10-9-12(7-8-14(10)18)17(20)16-11(2)19-15-6-4-3-5-13(15)16/h3-9,19H,18H2,1-2H3. The smallest absolute Gasteiger partial charge is 0.195 e. The second-order valence-corrected chi connectivity index (χ2v) is 5.07. The third-order valence-corrected chi connectivity index (χ3v) is 3.65. The Morgan fingerprint density at radius 3 is 2.60 bits per heavy atom. The molecule has 0 aliphatic heterocycles. The molecule has 0 radical (unpaired) electrons. The summed E-state index contributed by atoms with van der Waals surface area (Å²) < 4.78 is 0. The van der Waals surface area contributed by atoms with Crippen molar-refractivity contribution in [3.8, 4) is 0 Å². The first-order chi connectivity index (χ1) is 9.58. The number of para-hydroxylation sites is 1. The second kappa shape index (κ2) is 4.53. The predicted octanol–water partition coefficient (Wildman–Crippen LogP) is 3.60. The van der Waals surface area contributed by atoms with E-state index >= 15 is 0 Å². The van der Waals surface area contributed by atoms with Crippen LogP contribution in [0.4, 0.5) is 5.69 Å². The summed E-state index contributed by atoms with van der Waals surface area (Å²) in [6.07, 6.45) is 0. The summed E-state index contributed by atoms with van der Waals surface area (Å²) in [5.74, 6) is 0.0306. The number of aromatic nitrogens is 1. The molecule has 0 saturated heterocycles. The Kier molecular flexibility index (Phi) is 2.83. The Hall–Kier alpha value is -2.55. The van der Waals surface area contributed by atoms with Crippen molar-refractivity contribution in [1.29, 1.82) is 0 Å². The Morgan fingerprint density at radius 2 is 1.85 bits per heavy atom. The molecule has 3 N–H and O–H groups in total. The van der Waals surface area contributed by atoms with Crippen molar-refractivity contribution >= 4 is 22.4 Å². The predicted molar refractivity (Wildman–Crippen MR) is 82.1 cm³/mol. The maximum absolute atomic E-state index is 12.7. The van der Waals surface area contributed by atoms with Crippen molar-refractivity contribution in [1.82, 2.24) is 4.98 Å². The van der Waals surface area contributed by atoms with Crippen LogP contribution in [0.25, 0.3) is 10.9 Å². The zero-order valence-electron chi connectivity index (χ0n) is 11.5. The number of hydrogen-bond acceptors (Lipinski definition) is 2. The Morgan fingerprint density at radius 1 is 1.10 bits per heavy atom. The lowest BCUT2D eigenvalue weighted by Crippen LogP contribution is -2.03. The van der Waals surface area contributed by atoms with Gasteiger partial charge in [0.05, 0.1) is 5.56 Å². The first-order valence-corrected chi connectivity index (χ1v) is 6.56.